The molecule has 2 aromatic rings. The van der Waals surface area contributed by atoms with Gasteiger partial charge in [-0.05, 0) is 18.2 Å². The maximum absolute atomic E-state index is 12.2. The summed E-state index contributed by atoms with van der Waals surface area (Å²) < 4.78 is 11.8. The SMILES string of the molecule is COCn1ccc(NC(=O)c2ccccc2OC(C)=O)c1. The predicted octanol–water partition coefficient (Wildman–Crippen LogP) is 2.27. The summed E-state index contributed by atoms with van der Waals surface area (Å²) in [6, 6.07) is 8.33. The van der Waals surface area contributed by atoms with Crippen molar-refractivity contribution in [2.75, 3.05) is 12.4 Å². The van der Waals surface area contributed by atoms with E-state index in [0.717, 1.165) is 0 Å². The molecule has 1 amide bonds. The number of hydrogen-bond donors (Lipinski definition) is 1. The Hall–Kier alpha value is -2.60. The van der Waals surface area contributed by atoms with Crippen LogP contribution in [0.5, 0.6) is 5.75 Å². The lowest BCUT2D eigenvalue weighted by atomic mass is 10.2. The highest BCUT2D eigenvalue weighted by Gasteiger charge is 2.14. The van der Waals surface area contributed by atoms with Crippen LogP contribution in [0.15, 0.2) is 42.7 Å². The van der Waals surface area contributed by atoms with Crippen molar-refractivity contribution in [2.24, 2.45) is 0 Å². The molecule has 0 aliphatic carbocycles. The van der Waals surface area contributed by atoms with Crippen LogP contribution in [0.1, 0.15) is 17.3 Å². The first-order valence-corrected chi connectivity index (χ1v) is 6.33. The number of carbonyl (C=O) groups excluding carboxylic acids is 2. The molecule has 1 N–H and O–H groups in total. The maximum Gasteiger partial charge on any atom is 0.308 e. The van der Waals surface area contributed by atoms with Gasteiger partial charge in [-0.3, -0.25) is 9.59 Å². The third-order valence-electron chi connectivity index (χ3n) is 2.67. The molecule has 21 heavy (non-hydrogen) atoms. The molecule has 0 aliphatic rings. The number of nitrogens with one attached hydrogen (secondary N) is 1. The van der Waals surface area contributed by atoms with Gasteiger partial charge in [0, 0.05) is 26.4 Å². The fraction of sp³-hybridized carbons (Fsp3) is 0.200. The second kappa shape index (κ2) is 6.71. The third-order valence-corrected chi connectivity index (χ3v) is 2.67. The minimum Gasteiger partial charge on any atom is -0.426 e. The van der Waals surface area contributed by atoms with Crippen molar-refractivity contribution in [3.05, 3.63) is 48.3 Å². The van der Waals surface area contributed by atoms with Crippen LogP contribution in [-0.2, 0) is 16.3 Å². The minimum atomic E-state index is -0.471. The summed E-state index contributed by atoms with van der Waals surface area (Å²) in [6.07, 6.45) is 3.53. The number of carbonyl (C=O) groups is 2. The molecule has 110 valence electrons. The zero-order chi connectivity index (χ0) is 15.2. The number of nitrogens with zero attached hydrogens (tertiary/aromatic N) is 1. The summed E-state index contributed by atoms with van der Waals surface area (Å²) in [5.74, 6) is -0.581. The molecular weight excluding hydrogens is 272 g/mol. The zero-order valence-corrected chi connectivity index (χ0v) is 11.8. The number of benzene rings is 1. The van der Waals surface area contributed by atoms with Gasteiger partial charge in [-0.1, -0.05) is 12.1 Å². The highest BCUT2D eigenvalue weighted by atomic mass is 16.5. The standard InChI is InChI=1S/C15H16N2O4/c1-11(18)21-14-6-4-3-5-13(14)15(19)16-12-7-8-17(9-12)10-20-2/h3-9H,10H2,1-2H3,(H,16,19). The summed E-state index contributed by atoms with van der Waals surface area (Å²) in [4.78, 5) is 23.3. The van der Waals surface area contributed by atoms with Gasteiger partial charge in [-0.2, -0.15) is 0 Å². The van der Waals surface area contributed by atoms with E-state index in [4.69, 9.17) is 9.47 Å². The van der Waals surface area contributed by atoms with Gasteiger partial charge in [-0.25, -0.2) is 0 Å². The van der Waals surface area contributed by atoms with E-state index in [9.17, 15) is 9.59 Å². The zero-order valence-electron chi connectivity index (χ0n) is 11.8. The van der Waals surface area contributed by atoms with Gasteiger partial charge >= 0.3 is 5.97 Å². The van der Waals surface area contributed by atoms with Crippen molar-refractivity contribution in [1.82, 2.24) is 4.57 Å². The van der Waals surface area contributed by atoms with Crippen LogP contribution in [0.4, 0.5) is 5.69 Å². The number of ether oxygens (including phenoxy) is 2. The van der Waals surface area contributed by atoms with E-state index in [0.29, 0.717) is 18.0 Å². The smallest absolute Gasteiger partial charge is 0.308 e. The van der Waals surface area contributed by atoms with Crippen molar-refractivity contribution >= 4 is 17.6 Å². The average molecular weight is 288 g/mol. The van der Waals surface area contributed by atoms with Crippen molar-refractivity contribution < 1.29 is 19.1 Å². The molecule has 2 rings (SSSR count). The molecule has 0 saturated heterocycles. The van der Waals surface area contributed by atoms with Crippen molar-refractivity contribution in [1.29, 1.82) is 0 Å². The van der Waals surface area contributed by atoms with E-state index in [1.165, 1.54) is 6.92 Å². The first kappa shape index (κ1) is 14.8. The number of amides is 1. The van der Waals surface area contributed by atoms with E-state index in [-0.39, 0.29) is 11.7 Å². The van der Waals surface area contributed by atoms with Gasteiger partial charge in [0.05, 0.1) is 11.3 Å². The second-order valence-electron chi connectivity index (χ2n) is 4.38. The lowest BCUT2D eigenvalue weighted by Crippen LogP contribution is -2.14. The Morgan fingerprint density at radius 2 is 2.00 bits per heavy atom. The molecule has 0 spiro atoms. The van der Waals surface area contributed by atoms with E-state index in [1.807, 2.05) is 0 Å². The Bertz CT molecular complexity index is 649. The summed E-state index contributed by atoms with van der Waals surface area (Å²) in [5, 5.41) is 2.74. The molecule has 1 heterocycles. The average Bonchev–Trinajstić information content (AvgIpc) is 2.86. The quantitative estimate of drug-likeness (QED) is 0.677. The monoisotopic (exact) mass is 288 g/mol. The van der Waals surface area contributed by atoms with Gasteiger partial charge in [0.2, 0.25) is 0 Å². The van der Waals surface area contributed by atoms with Crippen LogP contribution in [0.3, 0.4) is 0 Å². The molecule has 0 bridgehead atoms. The van der Waals surface area contributed by atoms with Crippen molar-refractivity contribution in [3.63, 3.8) is 0 Å². The molecule has 6 heteroatoms. The van der Waals surface area contributed by atoms with Gasteiger partial charge in [0.1, 0.15) is 12.5 Å². The first-order valence-electron chi connectivity index (χ1n) is 6.33. The predicted molar refractivity (Wildman–Crippen MR) is 77.1 cm³/mol. The molecule has 0 radical (unpaired) electrons. The van der Waals surface area contributed by atoms with Crippen molar-refractivity contribution in [3.8, 4) is 5.75 Å². The molecule has 0 fully saturated rings. The highest BCUT2D eigenvalue weighted by Crippen LogP contribution is 2.20. The Morgan fingerprint density at radius 3 is 2.71 bits per heavy atom. The summed E-state index contributed by atoms with van der Waals surface area (Å²) >= 11 is 0. The third kappa shape index (κ3) is 3.93. The van der Waals surface area contributed by atoms with Crippen LogP contribution in [0.25, 0.3) is 0 Å². The van der Waals surface area contributed by atoms with Crippen LogP contribution in [-0.4, -0.2) is 23.6 Å². The molecule has 0 aliphatic heterocycles. The number of hydrogen-bond acceptors (Lipinski definition) is 4. The van der Waals surface area contributed by atoms with E-state index >= 15 is 0 Å². The highest BCUT2D eigenvalue weighted by molar-refractivity contribution is 6.06. The Kier molecular flexibility index (Phi) is 4.73. The number of esters is 1. The number of para-hydroxylation sites is 1. The Labute approximate surface area is 122 Å². The fourth-order valence-electron chi connectivity index (χ4n) is 1.84. The Morgan fingerprint density at radius 1 is 1.24 bits per heavy atom. The van der Waals surface area contributed by atoms with E-state index in [1.54, 1.807) is 54.4 Å². The largest absolute Gasteiger partial charge is 0.426 e. The summed E-state index contributed by atoms with van der Waals surface area (Å²) in [6.45, 7) is 1.69. The fourth-order valence-corrected chi connectivity index (χ4v) is 1.84. The van der Waals surface area contributed by atoms with Crippen molar-refractivity contribution in [2.45, 2.75) is 13.7 Å². The number of methoxy groups -OCH3 is 1. The maximum atomic E-state index is 12.2. The van der Waals surface area contributed by atoms with Gasteiger partial charge in [0.25, 0.3) is 5.91 Å². The lowest BCUT2D eigenvalue weighted by Gasteiger charge is -2.08. The Balaban J connectivity index is 2.14. The summed E-state index contributed by atoms with van der Waals surface area (Å²) in [5.41, 5.74) is 0.932. The molecule has 0 atom stereocenters. The summed E-state index contributed by atoms with van der Waals surface area (Å²) in [7, 11) is 1.59. The molecule has 0 unspecified atom stereocenters. The topological polar surface area (TPSA) is 69.6 Å². The van der Waals surface area contributed by atoms with E-state index in [2.05, 4.69) is 5.32 Å². The first-order chi connectivity index (χ1) is 10.1. The number of anilines is 1. The van der Waals surface area contributed by atoms with E-state index < -0.39 is 5.97 Å². The normalized spacial score (nSPS) is 10.2. The van der Waals surface area contributed by atoms with Crippen LogP contribution >= 0.6 is 0 Å². The van der Waals surface area contributed by atoms with Gasteiger partial charge in [-0.15, -0.1) is 0 Å². The molecule has 6 nitrogen and oxygen atoms in total. The van der Waals surface area contributed by atoms with Gasteiger partial charge < -0.3 is 19.4 Å². The lowest BCUT2D eigenvalue weighted by molar-refractivity contribution is -0.131. The molecule has 1 aromatic carbocycles. The minimum absolute atomic E-state index is 0.235. The second-order valence-corrected chi connectivity index (χ2v) is 4.38. The number of rotatable bonds is 5. The van der Waals surface area contributed by atoms with Gasteiger partial charge in [0.15, 0.2) is 0 Å². The van der Waals surface area contributed by atoms with Crippen LogP contribution in [0.2, 0.25) is 0 Å². The van der Waals surface area contributed by atoms with Crippen LogP contribution in [0, 0.1) is 0 Å². The molecular formula is C15H16N2O4. The van der Waals surface area contributed by atoms with Crippen LogP contribution < -0.4 is 10.1 Å². The number of aromatic nitrogens is 1. The molecule has 0 saturated carbocycles. The molecule has 1 aromatic heterocycles.